The fraction of sp³-hybridized carbons (Fsp3) is 0.240. The van der Waals surface area contributed by atoms with Crippen LogP contribution in [0.5, 0.6) is 11.5 Å². The van der Waals surface area contributed by atoms with Crippen LogP contribution in [-0.2, 0) is 11.4 Å². The van der Waals surface area contributed by atoms with Crippen molar-refractivity contribution in [3.8, 4) is 11.5 Å². The average molecular weight is 438 g/mol. The lowest BCUT2D eigenvalue weighted by Crippen LogP contribution is -2.29. The molecule has 0 saturated heterocycles. The first kappa shape index (κ1) is 22.7. The molecule has 31 heavy (non-hydrogen) atoms. The Bertz CT molecular complexity index is 958. The second kappa shape index (κ2) is 10.9. The van der Waals surface area contributed by atoms with Crippen LogP contribution in [0.3, 0.4) is 0 Å². The predicted molar refractivity (Wildman–Crippen MR) is 124 cm³/mol. The van der Waals surface area contributed by atoms with Gasteiger partial charge in [0.25, 0.3) is 0 Å². The van der Waals surface area contributed by atoms with Crippen molar-refractivity contribution >= 4 is 18.5 Å². The van der Waals surface area contributed by atoms with Crippen LogP contribution in [0.4, 0.5) is 0 Å². The van der Waals surface area contributed by atoms with E-state index in [2.05, 4.69) is 17.9 Å². The maximum atomic E-state index is 12.6. The van der Waals surface area contributed by atoms with Gasteiger partial charge in [-0.2, -0.15) is 0 Å². The van der Waals surface area contributed by atoms with Crippen LogP contribution in [0.25, 0.3) is 0 Å². The summed E-state index contributed by atoms with van der Waals surface area (Å²) >= 11 is 4.35. The molecule has 0 spiro atoms. The quantitative estimate of drug-likeness (QED) is 0.293. The highest BCUT2D eigenvalue weighted by molar-refractivity contribution is 7.80. The molecule has 0 aliphatic heterocycles. The molecule has 3 rings (SSSR count). The maximum absolute atomic E-state index is 12.6. The van der Waals surface area contributed by atoms with E-state index in [0.29, 0.717) is 30.8 Å². The summed E-state index contributed by atoms with van der Waals surface area (Å²) in [5.74, 6) is 0.424. The predicted octanol–water partition coefficient (Wildman–Crippen LogP) is 4.55. The van der Waals surface area contributed by atoms with Gasteiger partial charge in [-0.15, -0.1) is 12.6 Å². The molecule has 0 bridgehead atoms. The molecule has 3 N–H and O–H groups in total. The Morgan fingerprint density at radius 3 is 2.29 bits per heavy atom. The zero-order valence-electron chi connectivity index (χ0n) is 17.4. The minimum absolute atomic E-state index is 0.00841. The third-order valence-corrected chi connectivity index (χ3v) is 5.28. The van der Waals surface area contributed by atoms with E-state index in [0.717, 1.165) is 21.6 Å². The number of phenols is 1. The van der Waals surface area contributed by atoms with Gasteiger partial charge in [0.15, 0.2) is 0 Å². The van der Waals surface area contributed by atoms with Gasteiger partial charge in [-0.05, 0) is 48.7 Å². The molecule has 0 aliphatic rings. The van der Waals surface area contributed by atoms with E-state index in [-0.39, 0.29) is 24.3 Å². The SMILES string of the molecule is Cc1ccc(C(NC(=O)CCCOc2ccc(CO)c(O)c2)c2ccc(S)cc2)cc1. The molecule has 162 valence electrons. The molecule has 0 fully saturated rings. The standard InChI is InChI=1S/C25H27NO4S/c1-17-4-6-18(7-5-17)25(19-9-12-22(31)13-10-19)26-24(29)3-2-14-30-21-11-8-20(16-27)23(28)15-21/h4-13,15,25,27-28,31H,2-3,14,16H2,1H3,(H,26,29). The van der Waals surface area contributed by atoms with Gasteiger partial charge in [0.05, 0.1) is 19.3 Å². The van der Waals surface area contributed by atoms with Crippen LogP contribution in [-0.4, -0.2) is 22.7 Å². The second-order valence-electron chi connectivity index (χ2n) is 7.40. The van der Waals surface area contributed by atoms with Gasteiger partial charge < -0.3 is 20.3 Å². The molecule has 1 atom stereocenters. The van der Waals surface area contributed by atoms with E-state index in [1.807, 2.05) is 55.5 Å². The lowest BCUT2D eigenvalue weighted by molar-refractivity contribution is -0.121. The second-order valence-corrected chi connectivity index (χ2v) is 7.92. The number of hydrogen-bond donors (Lipinski definition) is 4. The van der Waals surface area contributed by atoms with Gasteiger partial charge in [0.2, 0.25) is 5.91 Å². The number of carbonyl (C=O) groups is 1. The number of benzene rings is 3. The van der Waals surface area contributed by atoms with Gasteiger partial charge >= 0.3 is 0 Å². The van der Waals surface area contributed by atoms with E-state index in [1.54, 1.807) is 12.1 Å². The van der Waals surface area contributed by atoms with E-state index < -0.39 is 0 Å². The number of nitrogens with one attached hydrogen (secondary N) is 1. The third kappa shape index (κ3) is 6.51. The van der Waals surface area contributed by atoms with Crippen LogP contribution >= 0.6 is 12.6 Å². The summed E-state index contributed by atoms with van der Waals surface area (Å²) in [4.78, 5) is 13.5. The van der Waals surface area contributed by atoms with Gasteiger partial charge in [-0.3, -0.25) is 4.79 Å². The summed E-state index contributed by atoms with van der Waals surface area (Å²) in [6.07, 6.45) is 0.845. The van der Waals surface area contributed by atoms with Gasteiger partial charge in [-0.25, -0.2) is 0 Å². The smallest absolute Gasteiger partial charge is 0.220 e. The number of ether oxygens (including phenoxy) is 1. The number of rotatable bonds is 9. The van der Waals surface area contributed by atoms with Crippen LogP contribution < -0.4 is 10.1 Å². The Kier molecular flexibility index (Phi) is 7.98. The summed E-state index contributed by atoms with van der Waals surface area (Å²) in [6, 6.07) is 20.4. The molecule has 0 aromatic heterocycles. The number of aliphatic hydroxyl groups excluding tert-OH is 1. The van der Waals surface area contributed by atoms with E-state index >= 15 is 0 Å². The Balaban J connectivity index is 1.58. The molecular weight excluding hydrogens is 410 g/mol. The van der Waals surface area contributed by atoms with Crippen LogP contribution in [0.2, 0.25) is 0 Å². The summed E-state index contributed by atoms with van der Waals surface area (Å²) in [6.45, 7) is 2.14. The largest absolute Gasteiger partial charge is 0.507 e. The highest BCUT2D eigenvalue weighted by atomic mass is 32.1. The summed E-state index contributed by atoms with van der Waals surface area (Å²) in [7, 11) is 0. The number of thiol groups is 1. The van der Waals surface area contributed by atoms with Crippen molar-refractivity contribution in [2.45, 2.75) is 37.3 Å². The van der Waals surface area contributed by atoms with Crippen molar-refractivity contribution in [1.82, 2.24) is 5.32 Å². The molecule has 3 aromatic rings. The van der Waals surface area contributed by atoms with E-state index in [9.17, 15) is 9.90 Å². The van der Waals surface area contributed by atoms with Crippen molar-refractivity contribution in [3.63, 3.8) is 0 Å². The Morgan fingerprint density at radius 1 is 1.03 bits per heavy atom. The molecule has 0 aliphatic carbocycles. The molecule has 0 heterocycles. The minimum Gasteiger partial charge on any atom is -0.507 e. The van der Waals surface area contributed by atoms with Crippen molar-refractivity contribution in [1.29, 1.82) is 0 Å². The highest BCUT2D eigenvalue weighted by Gasteiger charge is 2.17. The Hall–Kier alpha value is -2.96. The molecule has 0 radical (unpaired) electrons. The number of aromatic hydroxyl groups is 1. The van der Waals surface area contributed by atoms with E-state index in [4.69, 9.17) is 9.84 Å². The topological polar surface area (TPSA) is 78.8 Å². The lowest BCUT2D eigenvalue weighted by atomic mass is 9.97. The van der Waals surface area contributed by atoms with Crippen molar-refractivity contribution in [3.05, 3.63) is 89.0 Å². The lowest BCUT2D eigenvalue weighted by Gasteiger charge is -2.20. The first-order valence-electron chi connectivity index (χ1n) is 10.2. The first-order chi connectivity index (χ1) is 15.0. The number of amides is 1. The molecule has 5 nitrogen and oxygen atoms in total. The summed E-state index contributed by atoms with van der Waals surface area (Å²) in [5, 5.41) is 22.0. The normalized spacial score (nSPS) is 11.7. The third-order valence-electron chi connectivity index (χ3n) is 4.99. The number of aryl methyl sites for hydroxylation is 1. The minimum atomic E-state index is -0.245. The fourth-order valence-electron chi connectivity index (χ4n) is 3.21. The van der Waals surface area contributed by atoms with Crippen LogP contribution in [0.1, 0.15) is 41.1 Å². The maximum Gasteiger partial charge on any atom is 0.220 e. The number of aliphatic hydroxyl groups is 1. The van der Waals surface area contributed by atoms with Crippen molar-refractivity contribution < 1.29 is 19.7 Å². The van der Waals surface area contributed by atoms with Crippen LogP contribution in [0.15, 0.2) is 71.6 Å². The van der Waals surface area contributed by atoms with Gasteiger partial charge in [-0.1, -0.05) is 42.0 Å². The highest BCUT2D eigenvalue weighted by Crippen LogP contribution is 2.25. The first-order valence-corrected chi connectivity index (χ1v) is 10.6. The number of carbonyl (C=O) groups excluding carboxylic acids is 1. The molecule has 0 saturated carbocycles. The fourth-order valence-corrected chi connectivity index (χ4v) is 3.36. The monoisotopic (exact) mass is 437 g/mol. The molecule has 1 amide bonds. The van der Waals surface area contributed by atoms with Gasteiger partial charge in [0, 0.05) is 22.9 Å². The molecule has 1 unspecified atom stereocenters. The molecular formula is C25H27NO4S. The van der Waals surface area contributed by atoms with Gasteiger partial charge in [0.1, 0.15) is 11.5 Å². The Morgan fingerprint density at radius 2 is 1.68 bits per heavy atom. The Labute approximate surface area is 188 Å². The van der Waals surface area contributed by atoms with Crippen molar-refractivity contribution in [2.24, 2.45) is 0 Å². The van der Waals surface area contributed by atoms with Crippen molar-refractivity contribution in [2.75, 3.05) is 6.61 Å². The summed E-state index contributed by atoms with van der Waals surface area (Å²) < 4.78 is 5.61. The molecule has 3 aromatic carbocycles. The average Bonchev–Trinajstić information content (AvgIpc) is 2.77. The zero-order valence-corrected chi connectivity index (χ0v) is 18.3. The van der Waals surface area contributed by atoms with E-state index in [1.165, 1.54) is 6.07 Å². The molecule has 6 heteroatoms. The summed E-state index contributed by atoms with van der Waals surface area (Å²) in [5.41, 5.74) is 3.61. The van der Waals surface area contributed by atoms with Crippen LogP contribution in [0, 0.1) is 6.92 Å². The number of hydrogen-bond acceptors (Lipinski definition) is 5. The zero-order chi connectivity index (χ0) is 22.2.